The molecule has 0 aromatic heterocycles. The van der Waals surface area contributed by atoms with Gasteiger partial charge in [0.25, 0.3) is 0 Å². The minimum absolute atomic E-state index is 0.171. The Morgan fingerprint density at radius 1 is 1.00 bits per heavy atom. The summed E-state index contributed by atoms with van der Waals surface area (Å²) in [6, 6.07) is 4.51. The maximum Gasteiger partial charge on any atom is 0.416 e. The second-order valence-electron chi connectivity index (χ2n) is 10.0. The number of halogens is 5. The van der Waals surface area contributed by atoms with Crippen LogP contribution in [0.25, 0.3) is 0 Å². The largest absolute Gasteiger partial charge is 0.480 e. The zero-order chi connectivity index (χ0) is 30.5. The van der Waals surface area contributed by atoms with Gasteiger partial charge >= 0.3 is 17.8 Å². The molecule has 220 valence electrons. The van der Waals surface area contributed by atoms with Crippen LogP contribution in [-0.2, 0) is 20.6 Å². The maximum atomic E-state index is 13.3. The Balaban J connectivity index is 1.62. The average Bonchev–Trinajstić information content (AvgIpc) is 2.90. The van der Waals surface area contributed by atoms with Crippen molar-refractivity contribution in [2.75, 3.05) is 6.54 Å². The molecule has 5 rings (SSSR count). The maximum absolute atomic E-state index is 13.3. The topological polar surface area (TPSA) is 127 Å². The molecule has 2 aromatic carbocycles. The van der Waals surface area contributed by atoms with Gasteiger partial charge in [-0.2, -0.15) is 13.2 Å². The Morgan fingerprint density at radius 2 is 1.55 bits per heavy atom. The van der Waals surface area contributed by atoms with Gasteiger partial charge in [0, 0.05) is 47.4 Å². The van der Waals surface area contributed by atoms with E-state index in [-0.39, 0.29) is 51.3 Å². The first-order valence-electron chi connectivity index (χ1n) is 12.8. The second kappa shape index (κ2) is 11.1. The number of nitrogens with zero attached hydrogens (tertiary/aromatic N) is 2. The van der Waals surface area contributed by atoms with E-state index in [1.54, 1.807) is 4.90 Å². The van der Waals surface area contributed by atoms with Crippen molar-refractivity contribution in [3.05, 3.63) is 84.2 Å². The number of rotatable bonds is 6. The van der Waals surface area contributed by atoms with Crippen LogP contribution in [0.15, 0.2) is 52.9 Å². The number of aliphatic carboxylic acids is 1. The fraction of sp³-hybridized carbons (Fsp3) is 0.321. The van der Waals surface area contributed by atoms with Crippen LogP contribution >= 0.6 is 23.2 Å². The SMILES string of the molecule is O=C(O)CN1C2=C(C(=O)CCC2)C(c2cc(Cl)c(Oc3ccc(C(F)(F)F)cc3[N+](=O)[O-])c(Cl)c2)C2=C1CCCC2=O. The van der Waals surface area contributed by atoms with Crippen molar-refractivity contribution in [2.45, 2.75) is 50.6 Å². The normalized spacial score (nSPS) is 17.8. The van der Waals surface area contributed by atoms with Gasteiger partial charge in [-0.05, 0) is 55.5 Å². The number of nitro benzene ring substituents is 1. The van der Waals surface area contributed by atoms with Gasteiger partial charge in [-0.1, -0.05) is 23.2 Å². The first kappa shape index (κ1) is 29.6. The van der Waals surface area contributed by atoms with Crippen molar-refractivity contribution in [1.82, 2.24) is 4.90 Å². The number of carboxylic acid groups (broad SMARTS) is 1. The molecule has 0 saturated carbocycles. The summed E-state index contributed by atoms with van der Waals surface area (Å²) in [5.41, 5.74) is -0.228. The third kappa shape index (κ3) is 5.36. The van der Waals surface area contributed by atoms with Crippen molar-refractivity contribution in [3.63, 3.8) is 0 Å². The second-order valence-corrected chi connectivity index (χ2v) is 10.9. The fourth-order valence-electron chi connectivity index (χ4n) is 5.75. The quantitative estimate of drug-likeness (QED) is 0.264. The number of alkyl halides is 3. The smallest absolute Gasteiger partial charge is 0.416 e. The molecule has 0 amide bonds. The molecule has 2 aromatic rings. The molecule has 1 aliphatic heterocycles. The molecule has 9 nitrogen and oxygen atoms in total. The van der Waals surface area contributed by atoms with Gasteiger partial charge in [-0.15, -0.1) is 0 Å². The third-order valence-corrected chi connectivity index (χ3v) is 7.99. The van der Waals surface area contributed by atoms with Crippen molar-refractivity contribution in [2.24, 2.45) is 0 Å². The van der Waals surface area contributed by atoms with Gasteiger partial charge in [0.1, 0.15) is 6.54 Å². The molecule has 0 spiro atoms. The van der Waals surface area contributed by atoms with E-state index < -0.39 is 46.5 Å². The first-order valence-corrected chi connectivity index (χ1v) is 13.6. The number of ether oxygens (including phenoxy) is 1. The number of ketones is 2. The lowest BCUT2D eigenvalue weighted by atomic mass is 9.71. The van der Waals surface area contributed by atoms with Crippen molar-refractivity contribution < 1.29 is 42.3 Å². The minimum Gasteiger partial charge on any atom is -0.480 e. The molecular weight excluding hydrogens is 604 g/mol. The fourth-order valence-corrected chi connectivity index (χ4v) is 6.33. The van der Waals surface area contributed by atoms with E-state index in [1.165, 1.54) is 12.1 Å². The monoisotopic (exact) mass is 624 g/mol. The van der Waals surface area contributed by atoms with E-state index in [1.807, 2.05) is 0 Å². The Morgan fingerprint density at radius 3 is 2.02 bits per heavy atom. The number of carbonyl (C=O) groups excluding carboxylic acids is 2. The van der Waals surface area contributed by atoms with Gasteiger partial charge in [0.05, 0.1) is 20.5 Å². The highest BCUT2D eigenvalue weighted by atomic mass is 35.5. The van der Waals surface area contributed by atoms with Gasteiger partial charge in [0.2, 0.25) is 5.75 Å². The number of nitro groups is 1. The van der Waals surface area contributed by atoms with Crippen molar-refractivity contribution in [1.29, 1.82) is 0 Å². The van der Waals surface area contributed by atoms with Crippen LogP contribution in [0.1, 0.15) is 55.6 Å². The number of Topliss-reactive ketones (excluding diaryl/α,β-unsaturated/α-hetero) is 2. The molecule has 42 heavy (non-hydrogen) atoms. The molecule has 14 heteroatoms. The molecule has 0 atom stereocenters. The molecule has 2 aliphatic carbocycles. The summed E-state index contributed by atoms with van der Waals surface area (Å²) in [5, 5.41) is 20.8. The number of carboxylic acids is 1. The lowest BCUT2D eigenvalue weighted by molar-refractivity contribution is -0.385. The molecule has 0 bridgehead atoms. The van der Waals surface area contributed by atoms with Crippen LogP contribution < -0.4 is 4.74 Å². The lowest BCUT2D eigenvalue weighted by Gasteiger charge is -2.43. The molecule has 1 N–H and O–H groups in total. The van der Waals surface area contributed by atoms with E-state index >= 15 is 0 Å². The zero-order valence-corrected chi connectivity index (χ0v) is 23.1. The third-order valence-electron chi connectivity index (χ3n) is 7.43. The van der Waals surface area contributed by atoms with Gasteiger partial charge < -0.3 is 14.7 Å². The lowest BCUT2D eigenvalue weighted by Crippen LogP contribution is -2.41. The highest BCUT2D eigenvalue weighted by molar-refractivity contribution is 6.37. The van der Waals surface area contributed by atoms with Crippen molar-refractivity contribution in [3.8, 4) is 11.5 Å². The minimum atomic E-state index is -4.82. The van der Waals surface area contributed by atoms with E-state index in [4.69, 9.17) is 27.9 Å². The average molecular weight is 625 g/mol. The highest BCUT2D eigenvalue weighted by Gasteiger charge is 2.44. The Bertz CT molecular complexity index is 1550. The summed E-state index contributed by atoms with van der Waals surface area (Å²) < 4.78 is 44.9. The Labute approximate surface area is 246 Å². The molecule has 1 heterocycles. The van der Waals surface area contributed by atoms with Gasteiger partial charge in [-0.3, -0.25) is 24.5 Å². The summed E-state index contributed by atoms with van der Waals surface area (Å²) in [5.74, 6) is -3.30. The summed E-state index contributed by atoms with van der Waals surface area (Å²) >= 11 is 13.0. The van der Waals surface area contributed by atoms with E-state index in [2.05, 4.69) is 0 Å². The predicted octanol–water partition coefficient (Wildman–Crippen LogP) is 7.21. The summed E-state index contributed by atoms with van der Waals surface area (Å²) in [7, 11) is 0. The Hall–Kier alpha value is -3.90. The van der Waals surface area contributed by atoms with E-state index in [0.29, 0.717) is 54.8 Å². The number of benzene rings is 2. The molecule has 0 radical (unpaired) electrons. The summed E-state index contributed by atoms with van der Waals surface area (Å²) in [4.78, 5) is 50.4. The molecule has 3 aliphatic rings. The number of hydrogen-bond acceptors (Lipinski definition) is 7. The number of allylic oxidation sites excluding steroid dienone is 4. The van der Waals surface area contributed by atoms with Gasteiger partial charge in [-0.25, -0.2) is 0 Å². The molecule has 0 fully saturated rings. The van der Waals surface area contributed by atoms with Crippen LogP contribution in [0.5, 0.6) is 11.5 Å². The van der Waals surface area contributed by atoms with Crippen LogP contribution in [0.3, 0.4) is 0 Å². The van der Waals surface area contributed by atoms with Gasteiger partial charge in [0.15, 0.2) is 17.3 Å². The first-order chi connectivity index (χ1) is 19.8. The summed E-state index contributed by atoms with van der Waals surface area (Å²) in [6.07, 6.45) is -2.55. The standard InChI is InChI=1S/C28H21Cl2F3N2O7/c29-15-9-13(10-16(30)27(15)42-22-8-7-14(28(31,32)33)11-19(22)35(40)41)24-25-17(3-1-5-20(25)36)34(12-23(38)39)18-4-2-6-21(37)26(18)24/h7-11,24H,1-6,12H2,(H,38,39). The summed E-state index contributed by atoms with van der Waals surface area (Å²) in [6.45, 7) is -0.412. The molecule has 0 unspecified atom stereocenters. The number of hydrogen-bond donors (Lipinski definition) is 1. The van der Waals surface area contributed by atoms with Crippen LogP contribution in [0.2, 0.25) is 10.0 Å². The predicted molar refractivity (Wildman–Crippen MR) is 143 cm³/mol. The van der Waals surface area contributed by atoms with Crippen LogP contribution in [0.4, 0.5) is 18.9 Å². The van der Waals surface area contributed by atoms with Crippen LogP contribution in [-0.4, -0.2) is 39.0 Å². The van der Waals surface area contributed by atoms with E-state index in [9.17, 15) is 42.8 Å². The van der Waals surface area contributed by atoms with Crippen molar-refractivity contribution >= 4 is 46.4 Å². The molecule has 0 saturated heterocycles. The zero-order valence-electron chi connectivity index (χ0n) is 21.6. The van der Waals surface area contributed by atoms with E-state index in [0.717, 1.165) is 6.07 Å². The Kier molecular flexibility index (Phi) is 7.80. The molecular formula is C28H21Cl2F3N2O7. The highest BCUT2D eigenvalue weighted by Crippen LogP contribution is 2.51. The number of carbonyl (C=O) groups is 3. The van der Waals surface area contributed by atoms with Crippen LogP contribution in [0, 0.1) is 10.1 Å².